The van der Waals surface area contributed by atoms with Crippen LogP contribution in [0.15, 0.2) is 29.4 Å². The van der Waals surface area contributed by atoms with E-state index in [4.69, 9.17) is 5.73 Å². The predicted molar refractivity (Wildman–Crippen MR) is 74.6 cm³/mol. The van der Waals surface area contributed by atoms with Crippen molar-refractivity contribution >= 4 is 23.4 Å². The van der Waals surface area contributed by atoms with Crippen molar-refractivity contribution in [3.05, 3.63) is 35.9 Å². The fourth-order valence-electron chi connectivity index (χ4n) is 1.51. The lowest BCUT2D eigenvalue weighted by Crippen LogP contribution is -2.13. The van der Waals surface area contributed by atoms with Gasteiger partial charge in [-0.05, 0) is 24.3 Å². The number of halogens is 1. The Morgan fingerprint density at radius 3 is 2.75 bits per heavy atom. The molecule has 1 amide bonds. The van der Waals surface area contributed by atoms with Gasteiger partial charge in [0.2, 0.25) is 5.91 Å². The number of thioether (sulfide) groups is 1. The summed E-state index contributed by atoms with van der Waals surface area (Å²) >= 11 is 1.24. The first-order valence-electron chi connectivity index (χ1n) is 5.85. The number of carbonyl (C=O) groups is 1. The van der Waals surface area contributed by atoms with E-state index in [-0.39, 0.29) is 11.6 Å². The molecule has 0 saturated carbocycles. The second kappa shape index (κ2) is 6.38. The van der Waals surface area contributed by atoms with Crippen LogP contribution in [0.2, 0.25) is 0 Å². The lowest BCUT2D eigenvalue weighted by Gasteiger charge is -2.06. The number of aromatic nitrogens is 3. The molecule has 1 aromatic heterocycles. The first kappa shape index (κ1) is 14.3. The molecule has 0 saturated heterocycles. The summed E-state index contributed by atoms with van der Waals surface area (Å²) in [7, 11) is 1.81. The highest BCUT2D eigenvalue weighted by Crippen LogP contribution is 2.16. The minimum atomic E-state index is -0.399. The topological polar surface area (TPSA) is 85.8 Å². The highest BCUT2D eigenvalue weighted by Gasteiger charge is 2.10. The van der Waals surface area contributed by atoms with E-state index >= 15 is 0 Å². The molecule has 0 aliphatic heterocycles. The van der Waals surface area contributed by atoms with E-state index in [0.29, 0.717) is 17.5 Å². The molecule has 0 aliphatic carbocycles. The smallest absolute Gasteiger partial charge is 0.227 e. The van der Waals surface area contributed by atoms with Crippen LogP contribution in [0.1, 0.15) is 5.82 Å². The Labute approximate surface area is 119 Å². The second-order valence-corrected chi connectivity index (χ2v) is 5.02. The number of benzene rings is 1. The number of hydrogen-bond acceptors (Lipinski definition) is 5. The minimum Gasteiger partial charge on any atom is -0.378 e. The van der Waals surface area contributed by atoms with Crippen molar-refractivity contribution in [1.82, 2.24) is 14.8 Å². The maximum atomic E-state index is 12.8. The van der Waals surface area contributed by atoms with Crippen molar-refractivity contribution in [2.75, 3.05) is 11.1 Å². The number of nitrogens with one attached hydrogen (secondary N) is 1. The normalized spacial score (nSPS) is 10.5. The van der Waals surface area contributed by atoms with Crippen LogP contribution in [0, 0.1) is 5.82 Å². The van der Waals surface area contributed by atoms with Gasteiger partial charge in [-0.15, -0.1) is 10.2 Å². The first-order valence-corrected chi connectivity index (χ1v) is 6.83. The maximum Gasteiger partial charge on any atom is 0.227 e. The number of hydrogen-bond donors (Lipinski definition) is 2. The Hall–Kier alpha value is -2.09. The summed E-state index contributed by atoms with van der Waals surface area (Å²) in [5.41, 5.74) is 5.88. The van der Waals surface area contributed by atoms with Crippen LogP contribution in [-0.2, 0) is 18.4 Å². The molecular weight excluding hydrogens is 281 g/mol. The van der Waals surface area contributed by atoms with Crippen LogP contribution in [0.3, 0.4) is 0 Å². The molecule has 8 heteroatoms. The van der Waals surface area contributed by atoms with Gasteiger partial charge in [0.05, 0.1) is 12.3 Å². The van der Waals surface area contributed by atoms with Gasteiger partial charge in [-0.3, -0.25) is 4.79 Å². The molecule has 0 atom stereocenters. The molecule has 0 fully saturated rings. The monoisotopic (exact) mass is 295 g/mol. The SMILES string of the molecule is Cn1c(CNc2ccc(F)cc2)nnc1SCC(N)=O. The third-order valence-corrected chi connectivity index (χ3v) is 3.61. The lowest BCUT2D eigenvalue weighted by atomic mass is 10.3. The largest absolute Gasteiger partial charge is 0.378 e. The minimum absolute atomic E-state index is 0.164. The quantitative estimate of drug-likeness (QED) is 0.781. The number of amides is 1. The third-order valence-electron chi connectivity index (χ3n) is 2.56. The van der Waals surface area contributed by atoms with Crippen LogP contribution >= 0.6 is 11.8 Å². The lowest BCUT2D eigenvalue weighted by molar-refractivity contribution is -0.115. The van der Waals surface area contributed by atoms with Crippen LogP contribution < -0.4 is 11.1 Å². The van der Waals surface area contributed by atoms with Gasteiger partial charge in [0.15, 0.2) is 11.0 Å². The molecule has 0 bridgehead atoms. The van der Waals surface area contributed by atoms with Gasteiger partial charge in [-0.25, -0.2) is 4.39 Å². The number of carbonyl (C=O) groups excluding carboxylic acids is 1. The van der Waals surface area contributed by atoms with Crippen molar-refractivity contribution in [2.45, 2.75) is 11.7 Å². The molecule has 1 aromatic carbocycles. The van der Waals surface area contributed by atoms with Gasteiger partial charge in [-0.1, -0.05) is 11.8 Å². The van der Waals surface area contributed by atoms with E-state index in [2.05, 4.69) is 15.5 Å². The van der Waals surface area contributed by atoms with E-state index in [0.717, 1.165) is 5.69 Å². The molecule has 0 radical (unpaired) electrons. The Kier molecular flexibility index (Phi) is 4.57. The Morgan fingerprint density at radius 1 is 1.40 bits per heavy atom. The highest BCUT2D eigenvalue weighted by atomic mass is 32.2. The summed E-state index contributed by atoms with van der Waals surface area (Å²) in [6.07, 6.45) is 0. The van der Waals surface area contributed by atoms with Gasteiger partial charge in [0.1, 0.15) is 5.82 Å². The molecule has 106 valence electrons. The summed E-state index contributed by atoms with van der Waals surface area (Å²) in [6, 6.07) is 6.06. The van der Waals surface area contributed by atoms with Crippen LogP contribution in [0.5, 0.6) is 0 Å². The number of nitrogens with two attached hydrogens (primary N) is 1. The number of nitrogens with zero attached hydrogens (tertiary/aromatic N) is 3. The van der Waals surface area contributed by atoms with Gasteiger partial charge in [0, 0.05) is 12.7 Å². The van der Waals surface area contributed by atoms with E-state index in [1.54, 1.807) is 16.7 Å². The molecule has 3 N–H and O–H groups in total. The third kappa shape index (κ3) is 3.70. The van der Waals surface area contributed by atoms with Gasteiger partial charge < -0.3 is 15.6 Å². The van der Waals surface area contributed by atoms with Crippen molar-refractivity contribution in [3.8, 4) is 0 Å². The standard InChI is InChI=1S/C12H14FN5OS/c1-18-11(16-17-12(18)20-7-10(14)19)6-15-9-4-2-8(13)3-5-9/h2-5,15H,6-7H2,1H3,(H2,14,19). The van der Waals surface area contributed by atoms with Crippen LogP contribution in [0.4, 0.5) is 10.1 Å². The molecule has 0 spiro atoms. The van der Waals surface area contributed by atoms with Crippen molar-refractivity contribution in [1.29, 1.82) is 0 Å². The molecule has 6 nitrogen and oxygen atoms in total. The van der Waals surface area contributed by atoms with Gasteiger partial charge >= 0.3 is 0 Å². The maximum absolute atomic E-state index is 12.8. The molecular formula is C12H14FN5OS. The fraction of sp³-hybridized carbons (Fsp3) is 0.250. The Morgan fingerprint density at radius 2 is 2.10 bits per heavy atom. The molecule has 0 aliphatic rings. The fourth-order valence-corrected chi connectivity index (χ4v) is 2.18. The first-order chi connectivity index (χ1) is 9.56. The Bertz CT molecular complexity index is 598. The van der Waals surface area contributed by atoms with Crippen LogP contribution in [-0.4, -0.2) is 26.4 Å². The van der Waals surface area contributed by atoms with E-state index < -0.39 is 5.91 Å². The number of primary amides is 1. The summed E-state index contributed by atoms with van der Waals surface area (Å²) < 4.78 is 14.6. The Balaban J connectivity index is 1.96. The zero-order valence-electron chi connectivity index (χ0n) is 10.8. The average molecular weight is 295 g/mol. The average Bonchev–Trinajstić information content (AvgIpc) is 2.77. The molecule has 20 heavy (non-hydrogen) atoms. The summed E-state index contributed by atoms with van der Waals surface area (Å²) in [6.45, 7) is 0.451. The van der Waals surface area contributed by atoms with Crippen molar-refractivity contribution in [3.63, 3.8) is 0 Å². The zero-order chi connectivity index (χ0) is 14.5. The van der Waals surface area contributed by atoms with E-state index in [1.807, 2.05) is 7.05 Å². The van der Waals surface area contributed by atoms with Crippen molar-refractivity contribution in [2.24, 2.45) is 12.8 Å². The highest BCUT2D eigenvalue weighted by molar-refractivity contribution is 7.99. The van der Waals surface area contributed by atoms with Gasteiger partial charge in [0.25, 0.3) is 0 Å². The van der Waals surface area contributed by atoms with E-state index in [1.165, 1.54) is 23.9 Å². The molecule has 2 aromatic rings. The summed E-state index contributed by atoms with van der Waals surface area (Å²) in [5, 5.41) is 11.8. The predicted octanol–water partition coefficient (Wildman–Crippen LogP) is 1.14. The zero-order valence-corrected chi connectivity index (χ0v) is 11.7. The number of anilines is 1. The van der Waals surface area contributed by atoms with Crippen molar-refractivity contribution < 1.29 is 9.18 Å². The van der Waals surface area contributed by atoms with E-state index in [9.17, 15) is 9.18 Å². The van der Waals surface area contributed by atoms with Gasteiger partial charge in [-0.2, -0.15) is 0 Å². The summed E-state index contributed by atoms with van der Waals surface area (Å²) in [5.74, 6) is 0.196. The second-order valence-electron chi connectivity index (χ2n) is 4.07. The molecule has 0 unspecified atom stereocenters. The van der Waals surface area contributed by atoms with Crippen LogP contribution in [0.25, 0.3) is 0 Å². The summed E-state index contributed by atoms with van der Waals surface area (Å²) in [4.78, 5) is 10.7. The molecule has 1 heterocycles. The number of rotatable bonds is 6. The molecule has 2 rings (SSSR count).